The van der Waals surface area contributed by atoms with E-state index in [4.69, 9.17) is 0 Å². The van der Waals surface area contributed by atoms with Crippen molar-refractivity contribution in [1.29, 1.82) is 0 Å². The number of H-pyrrole nitrogens is 1. The van der Waals surface area contributed by atoms with Crippen LogP contribution in [0.25, 0.3) is 11.0 Å². The molecule has 0 spiro atoms. The van der Waals surface area contributed by atoms with Crippen LogP contribution < -0.4 is 10.6 Å². The number of fused-ring (bicyclic) bond motifs is 1. The number of aromatic nitrogens is 2. The summed E-state index contributed by atoms with van der Waals surface area (Å²) in [7, 11) is 1.64. The van der Waals surface area contributed by atoms with Gasteiger partial charge in [0.1, 0.15) is 17.4 Å². The molecule has 1 aliphatic rings. The molecule has 2 aromatic carbocycles. The van der Waals surface area contributed by atoms with Crippen LogP contribution in [0.15, 0.2) is 48.5 Å². The molecule has 208 valence electrons. The van der Waals surface area contributed by atoms with Gasteiger partial charge in [0.2, 0.25) is 11.8 Å². The van der Waals surface area contributed by atoms with Gasteiger partial charge in [-0.25, -0.2) is 14.2 Å². The molecule has 2 heterocycles. The predicted molar refractivity (Wildman–Crippen MR) is 147 cm³/mol. The minimum atomic E-state index is -1.12. The number of benzene rings is 2. The number of nitrogens with one attached hydrogen (secondary N) is 3. The number of carbonyl (C=O) groups is 3. The van der Waals surface area contributed by atoms with E-state index in [-0.39, 0.29) is 17.5 Å². The van der Waals surface area contributed by atoms with Crippen molar-refractivity contribution in [3.63, 3.8) is 0 Å². The number of aromatic amines is 1. The quantitative estimate of drug-likeness (QED) is 0.402. The van der Waals surface area contributed by atoms with Gasteiger partial charge in [0.15, 0.2) is 5.82 Å². The molecular formula is C29H37FN6O3. The highest BCUT2D eigenvalue weighted by atomic mass is 19.1. The van der Waals surface area contributed by atoms with E-state index < -0.39 is 35.8 Å². The maximum absolute atomic E-state index is 14.2. The van der Waals surface area contributed by atoms with Crippen molar-refractivity contribution in [3.05, 3.63) is 65.7 Å². The fraction of sp³-hybridized carbons (Fsp3) is 0.448. The van der Waals surface area contributed by atoms with Crippen LogP contribution in [-0.2, 0) is 16.1 Å². The lowest BCUT2D eigenvalue weighted by Crippen LogP contribution is -2.57. The third kappa shape index (κ3) is 6.55. The number of hydrogen-bond acceptors (Lipinski definition) is 4. The maximum Gasteiger partial charge on any atom is 0.318 e. The summed E-state index contributed by atoms with van der Waals surface area (Å²) in [5.74, 6) is -1.59. The number of piperidine rings is 1. The van der Waals surface area contributed by atoms with E-state index in [9.17, 15) is 18.8 Å². The predicted octanol–water partition coefficient (Wildman–Crippen LogP) is 4.13. The van der Waals surface area contributed by atoms with Crippen LogP contribution in [0, 0.1) is 11.7 Å². The summed E-state index contributed by atoms with van der Waals surface area (Å²) in [6.45, 7) is 6.36. The summed E-state index contributed by atoms with van der Waals surface area (Å²) in [5, 5.41) is 5.66. The molecule has 4 atom stereocenters. The molecule has 1 aromatic heterocycles. The summed E-state index contributed by atoms with van der Waals surface area (Å²) in [6.07, 6.45) is 2.87. The highest BCUT2D eigenvalue weighted by Crippen LogP contribution is 2.22. The van der Waals surface area contributed by atoms with Gasteiger partial charge < -0.3 is 25.4 Å². The highest BCUT2D eigenvalue weighted by molar-refractivity contribution is 5.93. The summed E-state index contributed by atoms with van der Waals surface area (Å²) in [5.41, 5.74) is 1.64. The molecule has 39 heavy (non-hydrogen) atoms. The molecule has 0 radical (unpaired) electrons. The smallest absolute Gasteiger partial charge is 0.318 e. The zero-order valence-corrected chi connectivity index (χ0v) is 22.9. The second-order valence-electron chi connectivity index (χ2n) is 10.4. The average molecular weight is 537 g/mol. The second kappa shape index (κ2) is 12.3. The number of para-hydroxylation sites is 1. The van der Waals surface area contributed by atoms with Crippen LogP contribution >= 0.6 is 0 Å². The molecule has 0 bridgehead atoms. The first kappa shape index (κ1) is 28.1. The lowest BCUT2D eigenvalue weighted by molar-refractivity contribution is -0.142. The third-order valence-corrected chi connectivity index (χ3v) is 7.40. The Labute approximate surface area is 228 Å². The van der Waals surface area contributed by atoms with Gasteiger partial charge >= 0.3 is 6.03 Å². The summed E-state index contributed by atoms with van der Waals surface area (Å²) in [4.78, 5) is 51.0. The zero-order chi connectivity index (χ0) is 28.1. The fourth-order valence-corrected chi connectivity index (χ4v) is 5.01. The molecule has 1 saturated heterocycles. The first-order valence-corrected chi connectivity index (χ1v) is 13.5. The van der Waals surface area contributed by atoms with Gasteiger partial charge in [0, 0.05) is 26.2 Å². The monoisotopic (exact) mass is 536 g/mol. The topological polar surface area (TPSA) is 110 Å². The van der Waals surface area contributed by atoms with Crippen LogP contribution in [0.2, 0.25) is 0 Å². The van der Waals surface area contributed by atoms with E-state index in [2.05, 4.69) is 20.6 Å². The minimum Gasteiger partial charge on any atom is -0.345 e. The van der Waals surface area contributed by atoms with Gasteiger partial charge in [0.25, 0.3) is 0 Å². The van der Waals surface area contributed by atoms with Crippen molar-refractivity contribution >= 4 is 28.9 Å². The van der Waals surface area contributed by atoms with Crippen LogP contribution in [0.5, 0.6) is 0 Å². The fourth-order valence-electron chi connectivity index (χ4n) is 5.01. The molecule has 9 nitrogen and oxygen atoms in total. The van der Waals surface area contributed by atoms with Gasteiger partial charge in [-0.15, -0.1) is 0 Å². The van der Waals surface area contributed by atoms with E-state index in [1.54, 1.807) is 37.9 Å². The number of hydrogen-bond donors (Lipinski definition) is 3. The number of rotatable bonds is 8. The number of carbonyl (C=O) groups excluding carboxylic acids is 3. The molecule has 3 aromatic rings. The summed E-state index contributed by atoms with van der Waals surface area (Å²) >= 11 is 0. The third-order valence-electron chi connectivity index (χ3n) is 7.40. The van der Waals surface area contributed by atoms with Crippen LogP contribution in [0.1, 0.15) is 57.5 Å². The normalized spacial score (nSPS) is 17.8. The molecule has 0 saturated carbocycles. The molecule has 4 rings (SSSR count). The van der Waals surface area contributed by atoms with E-state index in [0.29, 0.717) is 24.4 Å². The molecule has 4 amide bonds. The number of likely N-dealkylation sites (tertiary alicyclic amines) is 1. The van der Waals surface area contributed by atoms with Gasteiger partial charge in [-0.2, -0.15) is 0 Å². The van der Waals surface area contributed by atoms with Crippen molar-refractivity contribution in [2.45, 2.75) is 64.7 Å². The number of halogens is 1. The van der Waals surface area contributed by atoms with Crippen LogP contribution in [0.4, 0.5) is 9.18 Å². The average Bonchev–Trinajstić information content (AvgIpc) is 3.38. The molecular weight excluding hydrogens is 499 g/mol. The largest absolute Gasteiger partial charge is 0.345 e. The Hall–Kier alpha value is -3.95. The molecule has 1 aliphatic heterocycles. The zero-order valence-electron chi connectivity index (χ0n) is 22.9. The first-order chi connectivity index (χ1) is 18.7. The lowest BCUT2D eigenvalue weighted by atomic mass is 9.95. The minimum absolute atomic E-state index is 0.0678. The van der Waals surface area contributed by atoms with Crippen LogP contribution in [0.3, 0.4) is 0 Å². The maximum atomic E-state index is 14.2. The molecule has 1 fully saturated rings. The summed E-state index contributed by atoms with van der Waals surface area (Å²) in [6, 6.07) is 12.0. The molecule has 10 heteroatoms. The van der Waals surface area contributed by atoms with E-state index in [0.717, 1.165) is 24.8 Å². The highest BCUT2D eigenvalue weighted by Gasteiger charge is 2.37. The Morgan fingerprint density at radius 2 is 1.85 bits per heavy atom. The molecule has 0 aliphatic carbocycles. The number of nitrogens with zero attached hydrogens (tertiary/aromatic N) is 3. The van der Waals surface area contributed by atoms with Gasteiger partial charge in [-0.05, 0) is 50.8 Å². The Bertz CT molecular complexity index is 1310. The Morgan fingerprint density at radius 1 is 1.10 bits per heavy atom. The number of urea groups is 1. The first-order valence-electron chi connectivity index (χ1n) is 13.5. The number of imidazole rings is 1. The Kier molecular flexibility index (Phi) is 8.83. The number of amides is 4. The van der Waals surface area contributed by atoms with Crippen LogP contribution in [-0.4, -0.2) is 63.3 Å². The van der Waals surface area contributed by atoms with E-state index >= 15 is 0 Å². The SMILES string of the molecule is C[C@H](NC(=O)[C@@H](NC(=O)N(C)Cc1ccccc1)[C@@H](C)C(=O)N1CCCC[C@@H]1C)c1nc2c(F)cccc2[nH]1. The van der Waals surface area contributed by atoms with Crippen molar-refractivity contribution in [2.75, 3.05) is 13.6 Å². The molecule has 3 N–H and O–H groups in total. The van der Waals surface area contributed by atoms with E-state index in [1.807, 2.05) is 37.3 Å². The van der Waals surface area contributed by atoms with Gasteiger partial charge in [-0.3, -0.25) is 9.59 Å². The van der Waals surface area contributed by atoms with E-state index in [1.165, 1.54) is 11.0 Å². The van der Waals surface area contributed by atoms with Crippen molar-refractivity contribution in [2.24, 2.45) is 5.92 Å². The van der Waals surface area contributed by atoms with Gasteiger partial charge in [-0.1, -0.05) is 43.3 Å². The molecule has 0 unspecified atom stereocenters. The lowest BCUT2D eigenvalue weighted by Gasteiger charge is -2.37. The summed E-state index contributed by atoms with van der Waals surface area (Å²) < 4.78 is 14.2. The van der Waals surface area contributed by atoms with Crippen molar-refractivity contribution in [1.82, 2.24) is 30.4 Å². The van der Waals surface area contributed by atoms with Gasteiger partial charge in [0.05, 0.1) is 17.5 Å². The van der Waals surface area contributed by atoms with Crippen molar-refractivity contribution in [3.8, 4) is 0 Å². The Morgan fingerprint density at radius 3 is 2.54 bits per heavy atom. The standard InChI is InChI=1S/C29H37FN6O3/c1-18-11-8-9-16-36(18)28(38)19(2)24(34-29(39)35(4)17-21-12-6-5-7-13-21)27(37)31-20(3)26-32-23-15-10-14-22(30)25(23)33-26/h5-7,10,12-15,18-20,24H,8-9,11,16-17H2,1-4H3,(H,31,37)(H,32,33)(H,34,39)/t18-,19+,20-,24-/m0/s1. The second-order valence-corrected chi connectivity index (χ2v) is 10.4. The Balaban J connectivity index is 1.53. The van der Waals surface area contributed by atoms with Crippen molar-refractivity contribution < 1.29 is 18.8 Å².